The van der Waals surface area contributed by atoms with Crippen LogP contribution in [0, 0.1) is 34.1 Å². The molecule has 0 radical (unpaired) electrons. The van der Waals surface area contributed by atoms with Crippen molar-refractivity contribution in [1.82, 2.24) is 0 Å². The maximum atomic E-state index is 2.37. The lowest BCUT2D eigenvalue weighted by Gasteiger charge is -2.04. The Morgan fingerprint density at radius 2 is 1.03 bits per heavy atom. The minimum Gasteiger partial charge on any atom is -0.0587 e. The van der Waals surface area contributed by atoms with Crippen molar-refractivity contribution in [1.29, 1.82) is 0 Å². The summed E-state index contributed by atoms with van der Waals surface area (Å²) in [5.74, 6) is 1.05. The Morgan fingerprint density at radius 1 is 0.541 bits per heavy atom. The summed E-state index contributed by atoms with van der Waals surface area (Å²) in [6.07, 6.45) is 15.1. The number of rotatable bonds is 7. The van der Waals surface area contributed by atoms with Gasteiger partial charge in [-0.1, -0.05) is 70.2 Å². The highest BCUT2D eigenvalue weighted by molar-refractivity contribution is 5.85. The molecule has 0 unspecified atom stereocenters. The standard InChI is InChI=1S/C37H41/c1-24(2)30-18-16-26(5)36-32(20-28(7)34(36)22-30)14-12-10-9-11-13-15-33-21-29(8)35-23-31(25(3)4)19-17-27(6)37(33)35/h9-25H,1-8H3/q+1/b10-9?,14-12?,15-13+. The Hall–Kier alpha value is -3.51. The molecule has 0 N–H and O–H groups in total. The molecule has 0 aromatic heterocycles. The van der Waals surface area contributed by atoms with E-state index >= 15 is 0 Å². The van der Waals surface area contributed by atoms with Crippen LogP contribution in [0.1, 0.15) is 84.0 Å². The molecule has 4 aliphatic carbocycles. The quantitative estimate of drug-likeness (QED) is 0.180. The zero-order valence-corrected chi connectivity index (χ0v) is 23.8. The van der Waals surface area contributed by atoms with Crippen LogP contribution < -0.4 is 0 Å². The summed E-state index contributed by atoms with van der Waals surface area (Å²) < 4.78 is 0. The van der Waals surface area contributed by atoms with Gasteiger partial charge in [-0.05, 0) is 113 Å². The average Bonchev–Trinajstić information content (AvgIpc) is 3.15. The SMILES string of the molecule is Cc1cc(C=CC=C[CH+]/C=C/c2cc(C)c3cc(C(C)C)ccc(C)c2-3)c2c(C)ccc(C(C)C)cc1-2. The summed E-state index contributed by atoms with van der Waals surface area (Å²) in [6.45, 7) is 17.9. The first-order chi connectivity index (χ1) is 17.7. The van der Waals surface area contributed by atoms with Crippen LogP contribution in [0.4, 0.5) is 0 Å². The van der Waals surface area contributed by atoms with Gasteiger partial charge in [-0.15, -0.1) is 0 Å². The lowest BCUT2D eigenvalue weighted by molar-refractivity contribution is 0.868. The van der Waals surface area contributed by atoms with E-state index in [4.69, 9.17) is 0 Å². The number of hydrogen-bond donors (Lipinski definition) is 0. The lowest BCUT2D eigenvalue weighted by atomic mass is 10.0. The molecule has 0 heteroatoms. The van der Waals surface area contributed by atoms with E-state index in [-0.39, 0.29) is 0 Å². The van der Waals surface area contributed by atoms with Crippen molar-refractivity contribution in [2.75, 3.05) is 0 Å². The summed E-state index contributed by atoms with van der Waals surface area (Å²) in [7, 11) is 0. The first-order valence-corrected chi connectivity index (χ1v) is 13.6. The molecule has 188 valence electrons. The van der Waals surface area contributed by atoms with Crippen molar-refractivity contribution in [2.24, 2.45) is 0 Å². The van der Waals surface area contributed by atoms with E-state index in [2.05, 4.69) is 147 Å². The van der Waals surface area contributed by atoms with Gasteiger partial charge in [0.1, 0.15) is 0 Å². The van der Waals surface area contributed by atoms with Crippen LogP contribution in [-0.2, 0) is 0 Å². The van der Waals surface area contributed by atoms with Crippen molar-refractivity contribution in [2.45, 2.75) is 67.2 Å². The highest BCUT2D eigenvalue weighted by Crippen LogP contribution is 2.38. The molecular formula is C37H41+. The van der Waals surface area contributed by atoms with Crippen molar-refractivity contribution in [3.8, 4) is 22.3 Å². The molecule has 0 aliphatic heterocycles. The zero-order chi connectivity index (χ0) is 26.7. The number of hydrogen-bond acceptors (Lipinski definition) is 0. The van der Waals surface area contributed by atoms with Gasteiger partial charge in [0.15, 0.2) is 0 Å². The Balaban J connectivity index is 1.48. The average molecular weight is 486 g/mol. The molecule has 0 saturated heterocycles. The molecule has 0 fully saturated rings. The van der Waals surface area contributed by atoms with Crippen LogP contribution in [0.3, 0.4) is 0 Å². The van der Waals surface area contributed by atoms with E-state index in [1.807, 2.05) is 0 Å². The van der Waals surface area contributed by atoms with Gasteiger partial charge in [-0.25, -0.2) is 0 Å². The molecule has 0 aromatic carbocycles. The minimum atomic E-state index is 0.523. The van der Waals surface area contributed by atoms with Crippen LogP contribution in [-0.4, -0.2) is 0 Å². The van der Waals surface area contributed by atoms with Crippen LogP contribution in [0.2, 0.25) is 0 Å². The summed E-state index contributed by atoms with van der Waals surface area (Å²) in [5, 5.41) is 0. The van der Waals surface area contributed by atoms with Gasteiger partial charge in [0.2, 0.25) is 0 Å². The van der Waals surface area contributed by atoms with E-state index in [1.165, 1.54) is 66.8 Å². The zero-order valence-electron chi connectivity index (χ0n) is 23.8. The van der Waals surface area contributed by atoms with E-state index in [1.54, 1.807) is 0 Å². The van der Waals surface area contributed by atoms with Gasteiger partial charge in [-0.3, -0.25) is 0 Å². The fourth-order valence-corrected chi connectivity index (χ4v) is 5.25. The van der Waals surface area contributed by atoms with Crippen LogP contribution in [0.15, 0.2) is 72.8 Å². The molecule has 0 aromatic rings. The normalized spacial score (nSPS) is 12.5. The van der Waals surface area contributed by atoms with Crippen molar-refractivity contribution >= 4 is 12.2 Å². The van der Waals surface area contributed by atoms with Gasteiger partial charge in [0.05, 0.1) is 0 Å². The summed E-state index contributed by atoms with van der Waals surface area (Å²) in [4.78, 5) is 0. The smallest absolute Gasteiger partial charge is 0.0473 e. The largest absolute Gasteiger partial charge is 0.0587 e. The number of fused-ring (bicyclic) bond motifs is 2. The maximum Gasteiger partial charge on any atom is 0.0473 e. The third-order valence-corrected chi connectivity index (χ3v) is 7.50. The Labute approximate surface area is 225 Å². The Kier molecular flexibility index (Phi) is 8.08. The molecule has 37 heavy (non-hydrogen) atoms. The lowest BCUT2D eigenvalue weighted by Crippen LogP contribution is -1.84. The molecule has 0 nitrogen and oxygen atoms in total. The van der Waals surface area contributed by atoms with E-state index in [0.29, 0.717) is 11.8 Å². The molecule has 0 amide bonds. The van der Waals surface area contributed by atoms with Crippen molar-refractivity contribution in [3.05, 3.63) is 124 Å². The summed E-state index contributed by atoms with van der Waals surface area (Å²) in [5.41, 5.74) is 16.2. The number of aryl methyl sites for hydroxylation is 4. The topological polar surface area (TPSA) is 0 Å². The van der Waals surface area contributed by atoms with Gasteiger partial charge in [-0.2, -0.15) is 0 Å². The van der Waals surface area contributed by atoms with E-state index in [9.17, 15) is 0 Å². The van der Waals surface area contributed by atoms with Gasteiger partial charge >= 0.3 is 0 Å². The Bertz CT molecular complexity index is 1420. The Morgan fingerprint density at radius 3 is 1.51 bits per heavy atom. The maximum absolute atomic E-state index is 2.37. The van der Waals surface area contributed by atoms with Crippen LogP contribution >= 0.6 is 0 Å². The summed E-state index contributed by atoms with van der Waals surface area (Å²) >= 11 is 0. The molecule has 0 atom stereocenters. The molecule has 0 saturated carbocycles. The van der Waals surface area contributed by atoms with Crippen molar-refractivity contribution in [3.63, 3.8) is 0 Å². The third-order valence-electron chi connectivity index (χ3n) is 7.50. The molecular weight excluding hydrogens is 444 g/mol. The first kappa shape index (κ1) is 26.6. The van der Waals surface area contributed by atoms with Gasteiger partial charge < -0.3 is 0 Å². The second kappa shape index (κ2) is 11.3. The van der Waals surface area contributed by atoms with Gasteiger partial charge in [0, 0.05) is 41.9 Å². The first-order valence-electron chi connectivity index (χ1n) is 13.6. The molecule has 4 aliphatic rings. The third kappa shape index (κ3) is 5.75. The molecule has 0 bridgehead atoms. The fraction of sp³-hybridized carbons (Fsp3) is 0.270. The van der Waals surface area contributed by atoms with E-state index < -0.39 is 0 Å². The van der Waals surface area contributed by atoms with Crippen LogP contribution in [0.25, 0.3) is 34.4 Å². The second-order valence-corrected chi connectivity index (χ2v) is 11.1. The summed E-state index contributed by atoms with van der Waals surface area (Å²) in [6, 6.07) is 18.4. The van der Waals surface area contributed by atoms with Crippen molar-refractivity contribution < 1.29 is 0 Å². The second-order valence-electron chi connectivity index (χ2n) is 11.1. The minimum absolute atomic E-state index is 0.523. The predicted octanol–water partition coefficient (Wildman–Crippen LogP) is 10.9. The molecule has 0 heterocycles. The van der Waals surface area contributed by atoms with E-state index in [0.717, 1.165) is 0 Å². The molecule has 4 rings (SSSR count). The molecule has 0 spiro atoms. The predicted molar refractivity (Wildman–Crippen MR) is 165 cm³/mol. The highest BCUT2D eigenvalue weighted by atomic mass is 14.2. The van der Waals surface area contributed by atoms with Gasteiger partial charge in [0.25, 0.3) is 0 Å². The monoisotopic (exact) mass is 485 g/mol. The highest BCUT2D eigenvalue weighted by Gasteiger charge is 2.17. The fourth-order valence-electron chi connectivity index (χ4n) is 5.25. The van der Waals surface area contributed by atoms with Crippen LogP contribution in [0.5, 0.6) is 0 Å². The number of allylic oxidation sites excluding steroid dienone is 4.